The molecule has 3 aromatic rings. The average Bonchev–Trinajstić information content (AvgIpc) is 2.79. The van der Waals surface area contributed by atoms with E-state index in [0.29, 0.717) is 11.4 Å². The number of hydrogen-bond acceptors (Lipinski definition) is 5. The first kappa shape index (κ1) is 21.5. The van der Waals surface area contributed by atoms with Gasteiger partial charge in [-0.3, -0.25) is 14.9 Å². The second-order valence-corrected chi connectivity index (χ2v) is 7.78. The van der Waals surface area contributed by atoms with Crippen molar-refractivity contribution in [2.45, 2.75) is 31.2 Å². The lowest BCUT2D eigenvalue weighted by Crippen LogP contribution is -2.51. The number of carbonyl (C=O) groups excluding carboxylic acids is 1. The third-order valence-corrected chi connectivity index (χ3v) is 5.47. The van der Waals surface area contributed by atoms with Gasteiger partial charge in [-0.05, 0) is 35.2 Å². The molecule has 3 aromatic carbocycles. The number of aliphatic carboxylic acids is 1. The van der Waals surface area contributed by atoms with Crippen LogP contribution in [0.4, 0.5) is 11.4 Å². The Morgan fingerprint density at radius 2 is 1.69 bits per heavy atom. The molecule has 0 aromatic heterocycles. The van der Waals surface area contributed by atoms with Crippen LogP contribution in [0.2, 0.25) is 0 Å². The number of amides is 1. The van der Waals surface area contributed by atoms with E-state index in [2.05, 4.69) is 10.6 Å². The number of nitrogens with one attached hydrogen (secondary N) is 2. The highest BCUT2D eigenvalue weighted by atomic mass is 16.5. The predicted octanol–water partition coefficient (Wildman–Crippen LogP) is 3.13. The van der Waals surface area contributed by atoms with Crippen LogP contribution in [0.15, 0.2) is 78.9 Å². The van der Waals surface area contributed by atoms with Gasteiger partial charge in [0, 0.05) is 11.4 Å². The van der Waals surface area contributed by atoms with Gasteiger partial charge in [-0.15, -0.1) is 0 Å². The number of carbonyl (C=O) groups is 2. The monoisotopic (exact) mass is 431 g/mol. The number of anilines is 2. The van der Waals surface area contributed by atoms with E-state index in [1.807, 2.05) is 60.7 Å². The lowest BCUT2D eigenvalue weighted by Gasteiger charge is -2.35. The lowest BCUT2D eigenvalue weighted by molar-refractivity contribution is -0.141. The van der Waals surface area contributed by atoms with Gasteiger partial charge in [0.15, 0.2) is 6.10 Å². The largest absolute Gasteiger partial charge is 0.480 e. The Morgan fingerprint density at radius 1 is 1.03 bits per heavy atom. The Morgan fingerprint density at radius 3 is 2.34 bits per heavy atom. The van der Waals surface area contributed by atoms with Crippen molar-refractivity contribution >= 4 is 23.3 Å². The number of nitrogens with two attached hydrogens (primary N) is 1. The molecule has 0 saturated carbocycles. The van der Waals surface area contributed by atoms with Crippen LogP contribution in [0.25, 0.3) is 0 Å². The highest BCUT2D eigenvalue weighted by Gasteiger charge is 2.39. The fourth-order valence-corrected chi connectivity index (χ4v) is 3.87. The zero-order chi connectivity index (χ0) is 22.5. The van der Waals surface area contributed by atoms with Crippen LogP contribution in [-0.2, 0) is 27.4 Å². The quantitative estimate of drug-likeness (QED) is 0.408. The minimum absolute atomic E-state index is 0.220. The van der Waals surface area contributed by atoms with Gasteiger partial charge in [-0.1, -0.05) is 66.7 Å². The molecule has 0 bridgehead atoms. The molecule has 1 heterocycles. The number of nitrogen functional groups attached to an aromatic ring is 1. The topological polar surface area (TPSA) is 114 Å². The number of fused-ring (bicyclic) bond motifs is 1. The van der Waals surface area contributed by atoms with E-state index in [9.17, 15) is 14.7 Å². The molecule has 0 aliphatic carbocycles. The second-order valence-electron chi connectivity index (χ2n) is 7.78. The van der Waals surface area contributed by atoms with Gasteiger partial charge < -0.3 is 20.9 Å². The number of rotatable bonds is 8. The summed E-state index contributed by atoms with van der Waals surface area (Å²) in [6.45, 7) is 0.220. The third kappa shape index (κ3) is 4.96. The summed E-state index contributed by atoms with van der Waals surface area (Å²) in [6.07, 6.45) is -0.645. The lowest BCUT2D eigenvalue weighted by atomic mass is 9.92. The summed E-state index contributed by atoms with van der Waals surface area (Å²) in [5, 5.41) is 15.9. The van der Waals surface area contributed by atoms with E-state index in [-0.39, 0.29) is 18.9 Å². The maximum absolute atomic E-state index is 12.9. The van der Waals surface area contributed by atoms with Crippen LogP contribution >= 0.6 is 0 Å². The molecule has 7 nitrogen and oxygen atoms in total. The normalized spacial score (nSPS) is 18.4. The molecule has 4 rings (SSSR count). The van der Waals surface area contributed by atoms with Crippen LogP contribution in [0.3, 0.4) is 0 Å². The van der Waals surface area contributed by atoms with Crippen LogP contribution in [0.1, 0.15) is 22.7 Å². The van der Waals surface area contributed by atoms with Crippen molar-refractivity contribution in [3.8, 4) is 0 Å². The highest BCUT2D eigenvalue weighted by molar-refractivity contribution is 5.98. The Labute approximate surface area is 186 Å². The van der Waals surface area contributed by atoms with Crippen molar-refractivity contribution in [3.63, 3.8) is 0 Å². The Kier molecular flexibility index (Phi) is 6.49. The highest BCUT2D eigenvalue weighted by Crippen LogP contribution is 2.34. The molecule has 5 N–H and O–H groups in total. The second kappa shape index (κ2) is 9.64. The Hall–Kier alpha value is -3.68. The van der Waals surface area contributed by atoms with Gasteiger partial charge in [0.1, 0.15) is 6.04 Å². The van der Waals surface area contributed by atoms with Gasteiger partial charge in [-0.25, -0.2) is 0 Å². The summed E-state index contributed by atoms with van der Waals surface area (Å²) >= 11 is 0. The zero-order valence-corrected chi connectivity index (χ0v) is 17.4. The molecule has 32 heavy (non-hydrogen) atoms. The van der Waals surface area contributed by atoms with Gasteiger partial charge >= 0.3 is 5.97 Å². The fraction of sp³-hybridized carbons (Fsp3) is 0.200. The number of ether oxygens (including phenoxy) is 1. The fourth-order valence-electron chi connectivity index (χ4n) is 3.87. The molecule has 3 atom stereocenters. The number of carboxylic acid groups (broad SMARTS) is 1. The summed E-state index contributed by atoms with van der Waals surface area (Å²) in [7, 11) is 0. The summed E-state index contributed by atoms with van der Waals surface area (Å²) < 4.78 is 6.01. The van der Waals surface area contributed by atoms with Crippen molar-refractivity contribution in [1.29, 1.82) is 0 Å². The average molecular weight is 431 g/mol. The van der Waals surface area contributed by atoms with E-state index in [4.69, 9.17) is 10.5 Å². The first-order chi connectivity index (χ1) is 15.5. The molecular weight excluding hydrogens is 406 g/mol. The van der Waals surface area contributed by atoms with E-state index < -0.39 is 24.2 Å². The Balaban J connectivity index is 1.63. The van der Waals surface area contributed by atoms with E-state index in [0.717, 1.165) is 16.7 Å². The van der Waals surface area contributed by atoms with Crippen molar-refractivity contribution in [2.24, 2.45) is 0 Å². The summed E-state index contributed by atoms with van der Waals surface area (Å²) in [4.78, 5) is 25.0. The molecule has 164 valence electrons. The smallest absolute Gasteiger partial charge is 0.321 e. The van der Waals surface area contributed by atoms with E-state index in [1.54, 1.807) is 18.2 Å². The minimum atomic E-state index is -1.00. The number of hydrogen-bond donors (Lipinski definition) is 4. The molecule has 1 amide bonds. The summed E-state index contributed by atoms with van der Waals surface area (Å²) in [5.41, 5.74) is 9.49. The molecule has 7 heteroatoms. The maximum Gasteiger partial charge on any atom is 0.321 e. The molecule has 0 saturated heterocycles. The molecule has 0 radical (unpaired) electrons. The first-order valence-corrected chi connectivity index (χ1v) is 10.4. The molecule has 1 aliphatic rings. The standard InChI is InChI=1S/C25H25N3O4/c26-18-11-12-19-20(14-18)28-24(29)23(32-15-17-9-5-2-6-10-17)22(19)27-21(25(30)31)13-16-7-3-1-4-8-16/h1-12,14,21-23,27H,13,15,26H2,(H,28,29)(H,30,31). The van der Waals surface area contributed by atoms with E-state index >= 15 is 0 Å². The molecule has 1 aliphatic heterocycles. The summed E-state index contributed by atoms with van der Waals surface area (Å²) in [5.74, 6) is -1.35. The molecule has 0 fully saturated rings. The van der Waals surface area contributed by atoms with E-state index in [1.165, 1.54) is 0 Å². The van der Waals surface area contributed by atoms with Gasteiger partial charge in [0.05, 0.1) is 12.6 Å². The Bertz CT molecular complexity index is 1090. The predicted molar refractivity (Wildman–Crippen MR) is 122 cm³/mol. The van der Waals surface area contributed by atoms with Crippen LogP contribution < -0.4 is 16.4 Å². The SMILES string of the molecule is Nc1ccc2c(c1)NC(=O)C(OCc1ccccc1)C2NC(Cc1ccccc1)C(=O)O. The number of carboxylic acids is 1. The van der Waals surface area contributed by atoms with Crippen LogP contribution in [-0.4, -0.2) is 29.1 Å². The maximum atomic E-state index is 12.9. The third-order valence-electron chi connectivity index (χ3n) is 5.47. The number of benzene rings is 3. The summed E-state index contributed by atoms with van der Waals surface area (Å²) in [6, 6.07) is 22.5. The molecule has 0 spiro atoms. The van der Waals surface area contributed by atoms with Crippen molar-refractivity contribution in [3.05, 3.63) is 95.6 Å². The molecular formula is C25H25N3O4. The van der Waals surface area contributed by atoms with Gasteiger partial charge in [-0.2, -0.15) is 0 Å². The molecule has 3 unspecified atom stereocenters. The van der Waals surface area contributed by atoms with Crippen LogP contribution in [0.5, 0.6) is 0 Å². The van der Waals surface area contributed by atoms with Crippen molar-refractivity contribution < 1.29 is 19.4 Å². The van der Waals surface area contributed by atoms with Gasteiger partial charge in [0.2, 0.25) is 0 Å². The van der Waals surface area contributed by atoms with Crippen LogP contribution in [0, 0.1) is 0 Å². The zero-order valence-electron chi connectivity index (χ0n) is 17.4. The van der Waals surface area contributed by atoms with Crippen molar-refractivity contribution in [1.82, 2.24) is 5.32 Å². The van der Waals surface area contributed by atoms with Gasteiger partial charge in [0.25, 0.3) is 5.91 Å². The minimum Gasteiger partial charge on any atom is -0.480 e. The van der Waals surface area contributed by atoms with Crippen molar-refractivity contribution in [2.75, 3.05) is 11.1 Å². The first-order valence-electron chi connectivity index (χ1n) is 10.4.